The Balaban J connectivity index is 1.71. The van der Waals surface area contributed by atoms with Crippen LogP contribution in [0.15, 0.2) is 52.1 Å². The van der Waals surface area contributed by atoms with Gasteiger partial charge >= 0.3 is 0 Å². The number of anilines is 1. The minimum absolute atomic E-state index is 0.140. The van der Waals surface area contributed by atoms with Crippen molar-refractivity contribution in [2.24, 2.45) is 0 Å². The summed E-state index contributed by atoms with van der Waals surface area (Å²) < 4.78 is 5.67. The van der Waals surface area contributed by atoms with Gasteiger partial charge in [-0.15, -0.1) is 10.2 Å². The van der Waals surface area contributed by atoms with Crippen molar-refractivity contribution >= 4 is 46.6 Å². The summed E-state index contributed by atoms with van der Waals surface area (Å²) in [6.45, 7) is 1.45. The van der Waals surface area contributed by atoms with Gasteiger partial charge in [-0.25, -0.2) is 0 Å². The van der Waals surface area contributed by atoms with Crippen LogP contribution in [0, 0.1) is 0 Å². The van der Waals surface area contributed by atoms with Crippen LogP contribution in [0.2, 0.25) is 10.0 Å². The van der Waals surface area contributed by atoms with Crippen molar-refractivity contribution in [2.75, 3.05) is 5.32 Å². The summed E-state index contributed by atoms with van der Waals surface area (Å²) in [5, 5.41) is 12.4. The maximum Gasteiger partial charge on any atom is 0.277 e. The van der Waals surface area contributed by atoms with Crippen molar-refractivity contribution in [3.63, 3.8) is 0 Å². The molecule has 0 atom stereocenters. The van der Waals surface area contributed by atoms with Crippen LogP contribution < -0.4 is 5.32 Å². The van der Waals surface area contributed by atoms with Crippen molar-refractivity contribution in [3.8, 4) is 11.5 Å². The van der Waals surface area contributed by atoms with E-state index in [1.54, 1.807) is 24.3 Å². The first-order valence-electron chi connectivity index (χ1n) is 7.29. The molecule has 0 saturated heterocycles. The molecule has 0 spiro atoms. The van der Waals surface area contributed by atoms with Crippen LogP contribution in [0.4, 0.5) is 5.69 Å². The molecule has 25 heavy (non-hydrogen) atoms. The van der Waals surface area contributed by atoms with Gasteiger partial charge in [-0.05, 0) is 35.9 Å². The first kappa shape index (κ1) is 17.8. The molecule has 8 heteroatoms. The van der Waals surface area contributed by atoms with Gasteiger partial charge in [-0.1, -0.05) is 47.1 Å². The van der Waals surface area contributed by atoms with Crippen LogP contribution in [0.5, 0.6) is 0 Å². The monoisotopic (exact) mass is 393 g/mol. The lowest BCUT2D eigenvalue weighted by Gasteiger charge is -2.03. The molecule has 5 nitrogen and oxygen atoms in total. The van der Waals surface area contributed by atoms with Crippen LogP contribution >= 0.6 is 35.0 Å². The molecule has 1 heterocycles. The number of carbonyl (C=O) groups is 1. The number of hydrogen-bond donors (Lipinski definition) is 1. The molecular weight excluding hydrogens is 381 g/mol. The average Bonchev–Trinajstić information content (AvgIpc) is 3.03. The summed E-state index contributed by atoms with van der Waals surface area (Å²) in [6.07, 6.45) is 0. The fraction of sp³-hybridized carbons (Fsp3) is 0.118. The smallest absolute Gasteiger partial charge is 0.277 e. The summed E-state index contributed by atoms with van der Waals surface area (Å²) in [5.41, 5.74) is 2.34. The Labute approximate surface area is 158 Å². The largest absolute Gasteiger partial charge is 0.411 e. The Kier molecular flexibility index (Phi) is 5.63. The zero-order valence-electron chi connectivity index (χ0n) is 13.1. The lowest BCUT2D eigenvalue weighted by atomic mass is 10.2. The predicted molar refractivity (Wildman–Crippen MR) is 100 cm³/mol. The van der Waals surface area contributed by atoms with E-state index < -0.39 is 0 Å². The zero-order valence-corrected chi connectivity index (χ0v) is 15.5. The number of carbonyl (C=O) groups excluding carboxylic acids is 1. The van der Waals surface area contributed by atoms with E-state index in [9.17, 15) is 4.79 Å². The highest BCUT2D eigenvalue weighted by atomic mass is 35.5. The molecular formula is C17H13Cl2N3O2S. The molecule has 0 aliphatic rings. The molecule has 2 aromatic carbocycles. The zero-order chi connectivity index (χ0) is 17.8. The van der Waals surface area contributed by atoms with E-state index in [0.717, 1.165) is 11.1 Å². The number of amides is 1. The van der Waals surface area contributed by atoms with Gasteiger partial charge in [0.15, 0.2) is 0 Å². The summed E-state index contributed by atoms with van der Waals surface area (Å²) in [5.74, 6) is 0.833. The maximum atomic E-state index is 11.1. The molecule has 0 aliphatic carbocycles. The number of aromatic nitrogens is 2. The lowest BCUT2D eigenvalue weighted by Crippen LogP contribution is -2.05. The Morgan fingerprint density at radius 3 is 2.80 bits per heavy atom. The number of hydrogen-bond acceptors (Lipinski definition) is 5. The summed E-state index contributed by atoms with van der Waals surface area (Å²) >= 11 is 13.4. The van der Waals surface area contributed by atoms with Gasteiger partial charge in [0.05, 0.1) is 0 Å². The van der Waals surface area contributed by atoms with Crippen LogP contribution in [0.3, 0.4) is 0 Å². The van der Waals surface area contributed by atoms with E-state index in [0.29, 0.717) is 32.6 Å². The highest BCUT2D eigenvalue weighted by molar-refractivity contribution is 7.98. The Morgan fingerprint density at radius 1 is 1.20 bits per heavy atom. The molecule has 0 bridgehead atoms. The van der Waals surface area contributed by atoms with Gasteiger partial charge < -0.3 is 9.73 Å². The van der Waals surface area contributed by atoms with E-state index in [-0.39, 0.29) is 5.91 Å². The van der Waals surface area contributed by atoms with Crippen LogP contribution in [-0.2, 0) is 10.5 Å². The van der Waals surface area contributed by atoms with Crippen LogP contribution in [-0.4, -0.2) is 16.1 Å². The Bertz CT molecular complexity index is 914. The Morgan fingerprint density at radius 2 is 2.04 bits per heavy atom. The predicted octanol–water partition coefficient (Wildman–Crippen LogP) is 5.29. The quantitative estimate of drug-likeness (QED) is 0.596. The first-order chi connectivity index (χ1) is 12.0. The van der Waals surface area contributed by atoms with E-state index in [2.05, 4.69) is 15.5 Å². The van der Waals surface area contributed by atoms with Crippen LogP contribution in [0.25, 0.3) is 11.5 Å². The van der Waals surface area contributed by atoms with E-state index in [4.69, 9.17) is 27.6 Å². The van der Waals surface area contributed by atoms with Crippen molar-refractivity contribution in [2.45, 2.75) is 17.9 Å². The van der Waals surface area contributed by atoms with Crippen molar-refractivity contribution in [3.05, 3.63) is 58.1 Å². The number of rotatable bonds is 5. The molecule has 128 valence electrons. The molecule has 3 aromatic rings. The molecule has 0 aliphatic heterocycles. The minimum Gasteiger partial charge on any atom is -0.411 e. The second-order valence-electron chi connectivity index (χ2n) is 5.16. The third kappa shape index (κ3) is 4.75. The Hall–Kier alpha value is -2.02. The number of thioether (sulfide) groups is 1. The number of nitrogens with zero attached hydrogens (tertiary/aromatic N) is 2. The number of halogens is 2. The fourth-order valence-corrected chi connectivity index (χ4v) is 3.42. The highest BCUT2D eigenvalue weighted by Gasteiger charge is 2.11. The lowest BCUT2D eigenvalue weighted by molar-refractivity contribution is -0.114. The molecule has 0 fully saturated rings. The first-order valence-corrected chi connectivity index (χ1v) is 9.03. The van der Waals surface area contributed by atoms with E-state index in [1.165, 1.54) is 18.7 Å². The van der Waals surface area contributed by atoms with E-state index >= 15 is 0 Å². The molecule has 0 saturated carbocycles. The average molecular weight is 394 g/mol. The molecule has 0 unspecified atom stereocenters. The highest BCUT2D eigenvalue weighted by Crippen LogP contribution is 2.30. The van der Waals surface area contributed by atoms with Gasteiger partial charge in [-0.3, -0.25) is 4.79 Å². The SMILES string of the molecule is CC(=O)Nc1cccc(-c2nnc(SCc3ccc(Cl)cc3Cl)o2)c1. The van der Waals surface area contributed by atoms with Crippen molar-refractivity contribution in [1.29, 1.82) is 0 Å². The van der Waals surface area contributed by atoms with E-state index in [1.807, 2.05) is 18.2 Å². The number of nitrogens with one attached hydrogen (secondary N) is 1. The molecule has 3 rings (SSSR count). The number of benzene rings is 2. The minimum atomic E-state index is -0.140. The third-order valence-corrected chi connectivity index (χ3v) is 4.66. The molecule has 1 amide bonds. The van der Waals surface area contributed by atoms with Gasteiger partial charge in [0.25, 0.3) is 5.22 Å². The summed E-state index contributed by atoms with van der Waals surface area (Å²) in [6, 6.07) is 12.6. The standard InChI is InChI=1S/C17H13Cl2N3O2S/c1-10(23)20-14-4-2-3-11(7-14)16-21-22-17(24-16)25-9-12-5-6-13(18)8-15(12)19/h2-8H,9H2,1H3,(H,20,23). The fourth-order valence-electron chi connectivity index (χ4n) is 2.10. The molecule has 0 radical (unpaired) electrons. The topological polar surface area (TPSA) is 68.0 Å². The second-order valence-corrected chi connectivity index (χ2v) is 6.93. The third-order valence-electron chi connectivity index (χ3n) is 3.20. The van der Waals surface area contributed by atoms with Gasteiger partial charge in [-0.2, -0.15) is 0 Å². The van der Waals surface area contributed by atoms with Crippen molar-refractivity contribution in [1.82, 2.24) is 10.2 Å². The van der Waals surface area contributed by atoms with Crippen molar-refractivity contribution < 1.29 is 9.21 Å². The van der Waals surface area contributed by atoms with Gasteiger partial charge in [0, 0.05) is 34.0 Å². The van der Waals surface area contributed by atoms with Crippen LogP contribution in [0.1, 0.15) is 12.5 Å². The van der Waals surface area contributed by atoms with Gasteiger partial charge in [0.1, 0.15) is 0 Å². The molecule has 1 aromatic heterocycles. The normalized spacial score (nSPS) is 10.7. The van der Waals surface area contributed by atoms with Gasteiger partial charge in [0.2, 0.25) is 11.8 Å². The summed E-state index contributed by atoms with van der Waals surface area (Å²) in [4.78, 5) is 11.1. The maximum absolute atomic E-state index is 11.1. The summed E-state index contributed by atoms with van der Waals surface area (Å²) in [7, 11) is 0. The molecule has 1 N–H and O–H groups in total. The second kappa shape index (κ2) is 7.91.